The fourth-order valence-electron chi connectivity index (χ4n) is 1.65. The largest absolute Gasteiger partial charge is 0.192 e. The van der Waals surface area contributed by atoms with Gasteiger partial charge in [0, 0.05) is 5.56 Å². The van der Waals surface area contributed by atoms with Crippen LogP contribution in [-0.4, -0.2) is 0 Å². The monoisotopic (exact) mass is 227 g/mol. The van der Waals surface area contributed by atoms with Gasteiger partial charge in [-0.15, -0.1) is 0 Å². The van der Waals surface area contributed by atoms with E-state index in [0.717, 1.165) is 16.7 Å². The first-order valence-electron chi connectivity index (χ1n) is 4.98. The highest BCUT2D eigenvalue weighted by molar-refractivity contribution is 6.33. The van der Waals surface area contributed by atoms with Crippen LogP contribution >= 0.6 is 11.6 Å². The van der Waals surface area contributed by atoms with Crippen LogP contribution in [0.3, 0.4) is 0 Å². The minimum Gasteiger partial charge on any atom is -0.192 e. The van der Waals surface area contributed by atoms with Gasteiger partial charge >= 0.3 is 0 Å². The first-order chi connectivity index (χ1) is 7.74. The Hall–Kier alpha value is -1.78. The Balaban J connectivity index is 2.68. The second kappa shape index (κ2) is 4.38. The standard InChI is InChI=1S/C14H10ClN/c1-10-7-8-12(13(9-16)14(10)15)11-5-3-2-4-6-11/h2-8H,1H3. The zero-order valence-corrected chi connectivity index (χ0v) is 9.62. The molecule has 0 heterocycles. The third-order valence-corrected chi connectivity index (χ3v) is 3.02. The smallest absolute Gasteiger partial charge is 0.101 e. The molecular formula is C14H10ClN. The van der Waals surface area contributed by atoms with Crippen molar-refractivity contribution in [3.63, 3.8) is 0 Å². The van der Waals surface area contributed by atoms with Crippen molar-refractivity contribution in [3.8, 4) is 17.2 Å². The Kier molecular flexibility index (Phi) is 2.94. The molecule has 2 aromatic rings. The van der Waals surface area contributed by atoms with Gasteiger partial charge < -0.3 is 0 Å². The highest BCUT2D eigenvalue weighted by atomic mass is 35.5. The molecule has 0 radical (unpaired) electrons. The second-order valence-electron chi connectivity index (χ2n) is 3.60. The van der Waals surface area contributed by atoms with Gasteiger partial charge in [0.05, 0.1) is 10.6 Å². The molecule has 0 aromatic heterocycles. The summed E-state index contributed by atoms with van der Waals surface area (Å²) in [4.78, 5) is 0. The van der Waals surface area contributed by atoms with E-state index in [1.54, 1.807) is 0 Å². The van der Waals surface area contributed by atoms with Crippen molar-refractivity contribution < 1.29 is 0 Å². The van der Waals surface area contributed by atoms with Gasteiger partial charge in [0.25, 0.3) is 0 Å². The first-order valence-corrected chi connectivity index (χ1v) is 5.36. The number of hydrogen-bond donors (Lipinski definition) is 0. The average molecular weight is 228 g/mol. The van der Waals surface area contributed by atoms with E-state index in [4.69, 9.17) is 16.9 Å². The van der Waals surface area contributed by atoms with E-state index < -0.39 is 0 Å². The minimum atomic E-state index is 0.545. The van der Waals surface area contributed by atoms with Gasteiger partial charge in [-0.2, -0.15) is 5.26 Å². The molecule has 78 valence electrons. The summed E-state index contributed by atoms with van der Waals surface area (Å²) in [5, 5.41) is 9.70. The molecule has 0 aliphatic heterocycles. The fourth-order valence-corrected chi connectivity index (χ4v) is 1.85. The van der Waals surface area contributed by atoms with E-state index in [1.807, 2.05) is 49.4 Å². The van der Waals surface area contributed by atoms with Crippen molar-refractivity contribution >= 4 is 11.6 Å². The number of nitrogens with zero attached hydrogens (tertiary/aromatic N) is 1. The molecule has 2 rings (SSSR count). The van der Waals surface area contributed by atoms with E-state index in [9.17, 15) is 0 Å². The lowest BCUT2D eigenvalue weighted by Gasteiger charge is -2.07. The summed E-state index contributed by atoms with van der Waals surface area (Å²) in [6, 6.07) is 15.8. The summed E-state index contributed by atoms with van der Waals surface area (Å²) in [5.74, 6) is 0. The topological polar surface area (TPSA) is 23.8 Å². The fraction of sp³-hybridized carbons (Fsp3) is 0.0714. The van der Waals surface area contributed by atoms with E-state index in [0.29, 0.717) is 10.6 Å². The normalized spacial score (nSPS) is 9.81. The summed E-state index contributed by atoms with van der Waals surface area (Å²) >= 11 is 6.13. The van der Waals surface area contributed by atoms with Crippen LogP contribution in [-0.2, 0) is 0 Å². The van der Waals surface area contributed by atoms with Crippen molar-refractivity contribution in [2.75, 3.05) is 0 Å². The van der Waals surface area contributed by atoms with Gasteiger partial charge in [0.15, 0.2) is 0 Å². The predicted molar refractivity (Wildman–Crippen MR) is 66.3 cm³/mol. The summed E-state index contributed by atoms with van der Waals surface area (Å²) in [7, 11) is 0. The zero-order valence-electron chi connectivity index (χ0n) is 8.87. The molecule has 0 atom stereocenters. The lowest BCUT2D eigenvalue weighted by molar-refractivity contribution is 1.42. The molecule has 1 nitrogen and oxygen atoms in total. The van der Waals surface area contributed by atoms with Gasteiger partial charge in [-0.25, -0.2) is 0 Å². The molecule has 0 aliphatic rings. The number of hydrogen-bond acceptors (Lipinski definition) is 1. The predicted octanol–water partition coefficient (Wildman–Crippen LogP) is 4.19. The van der Waals surface area contributed by atoms with Gasteiger partial charge in [-0.1, -0.05) is 54.1 Å². The van der Waals surface area contributed by atoms with E-state index in [1.165, 1.54) is 0 Å². The maximum Gasteiger partial charge on any atom is 0.101 e. The van der Waals surface area contributed by atoms with Crippen LogP contribution in [0.1, 0.15) is 11.1 Å². The lowest BCUT2D eigenvalue weighted by atomic mass is 9.98. The number of aryl methyl sites for hydroxylation is 1. The molecule has 0 amide bonds. The van der Waals surface area contributed by atoms with Crippen LogP contribution in [0.4, 0.5) is 0 Å². The molecule has 0 saturated heterocycles. The lowest BCUT2D eigenvalue weighted by Crippen LogP contribution is -1.88. The molecule has 16 heavy (non-hydrogen) atoms. The molecular weight excluding hydrogens is 218 g/mol. The second-order valence-corrected chi connectivity index (χ2v) is 3.97. The third kappa shape index (κ3) is 1.80. The van der Waals surface area contributed by atoms with Crippen molar-refractivity contribution in [2.45, 2.75) is 6.92 Å². The number of halogens is 1. The number of nitriles is 1. The Bertz CT molecular complexity index is 553. The minimum absolute atomic E-state index is 0.545. The van der Waals surface area contributed by atoms with Crippen molar-refractivity contribution in [2.24, 2.45) is 0 Å². The summed E-state index contributed by atoms with van der Waals surface area (Å²) in [5.41, 5.74) is 3.38. The molecule has 0 spiro atoms. The number of benzene rings is 2. The van der Waals surface area contributed by atoms with E-state index in [-0.39, 0.29) is 0 Å². The van der Waals surface area contributed by atoms with Crippen molar-refractivity contribution in [3.05, 3.63) is 58.6 Å². The molecule has 0 saturated carbocycles. The SMILES string of the molecule is Cc1ccc(-c2ccccc2)c(C#N)c1Cl. The maximum absolute atomic E-state index is 9.15. The number of rotatable bonds is 1. The van der Waals surface area contributed by atoms with Gasteiger partial charge in [0.2, 0.25) is 0 Å². The Morgan fingerprint density at radius 3 is 2.38 bits per heavy atom. The molecule has 0 fully saturated rings. The Morgan fingerprint density at radius 1 is 1.06 bits per heavy atom. The van der Waals surface area contributed by atoms with E-state index in [2.05, 4.69) is 6.07 Å². The molecule has 2 heteroatoms. The van der Waals surface area contributed by atoms with Crippen molar-refractivity contribution in [1.82, 2.24) is 0 Å². The average Bonchev–Trinajstić information content (AvgIpc) is 2.33. The zero-order chi connectivity index (χ0) is 11.5. The maximum atomic E-state index is 9.15. The van der Waals surface area contributed by atoms with Gasteiger partial charge in [-0.3, -0.25) is 0 Å². The van der Waals surface area contributed by atoms with Crippen LogP contribution in [0, 0.1) is 18.3 Å². The summed E-state index contributed by atoms with van der Waals surface area (Å²) in [6.45, 7) is 1.90. The molecule has 0 unspecified atom stereocenters. The van der Waals surface area contributed by atoms with Crippen LogP contribution < -0.4 is 0 Å². The Labute approximate surface area is 99.9 Å². The third-order valence-electron chi connectivity index (χ3n) is 2.53. The highest BCUT2D eigenvalue weighted by Crippen LogP contribution is 2.30. The van der Waals surface area contributed by atoms with Crippen LogP contribution in [0.25, 0.3) is 11.1 Å². The molecule has 0 aliphatic carbocycles. The van der Waals surface area contributed by atoms with Gasteiger partial charge in [0.1, 0.15) is 6.07 Å². The van der Waals surface area contributed by atoms with E-state index >= 15 is 0 Å². The Morgan fingerprint density at radius 2 is 1.75 bits per heavy atom. The van der Waals surface area contributed by atoms with Crippen LogP contribution in [0.2, 0.25) is 5.02 Å². The quantitative estimate of drug-likeness (QED) is 0.717. The molecule has 0 bridgehead atoms. The molecule has 2 aromatic carbocycles. The highest BCUT2D eigenvalue weighted by Gasteiger charge is 2.10. The first kappa shape index (κ1) is 10.7. The van der Waals surface area contributed by atoms with Gasteiger partial charge in [-0.05, 0) is 18.1 Å². The van der Waals surface area contributed by atoms with Crippen molar-refractivity contribution in [1.29, 1.82) is 5.26 Å². The summed E-state index contributed by atoms with van der Waals surface area (Å²) in [6.07, 6.45) is 0. The molecule has 0 N–H and O–H groups in total. The van der Waals surface area contributed by atoms with Crippen LogP contribution in [0.5, 0.6) is 0 Å². The van der Waals surface area contributed by atoms with Crippen LogP contribution in [0.15, 0.2) is 42.5 Å². The summed E-state index contributed by atoms with van der Waals surface area (Å²) < 4.78 is 0.